The lowest BCUT2D eigenvalue weighted by Crippen LogP contribution is -2.17. The van der Waals surface area contributed by atoms with Crippen molar-refractivity contribution in [2.75, 3.05) is 0 Å². The number of hydrogen-bond acceptors (Lipinski definition) is 3. The zero-order chi connectivity index (χ0) is 11.5. The third-order valence-electron chi connectivity index (χ3n) is 2.44. The summed E-state index contributed by atoms with van der Waals surface area (Å²) in [5.41, 5.74) is 0.591. The van der Waals surface area contributed by atoms with Gasteiger partial charge in [0, 0.05) is 18.0 Å². The van der Waals surface area contributed by atoms with Gasteiger partial charge in [0.15, 0.2) is 5.78 Å². The summed E-state index contributed by atoms with van der Waals surface area (Å²) in [6.07, 6.45) is 4.88. The molecule has 0 aliphatic carbocycles. The molecule has 1 aromatic carbocycles. The van der Waals surface area contributed by atoms with E-state index in [-0.39, 0.29) is 11.5 Å². The van der Waals surface area contributed by atoms with Gasteiger partial charge in [-0.25, -0.2) is 4.98 Å². The number of rotatable bonds is 3. The number of ketones is 1. The van der Waals surface area contributed by atoms with Gasteiger partial charge in [0.05, 0.1) is 6.33 Å². The number of carbonyl (C=O) groups is 1. The smallest absolute Gasteiger partial charge is 0.157 e. The minimum atomic E-state index is -0.510. The molecule has 1 atom stereocenters. The Kier molecular flexibility index (Phi) is 2.72. The van der Waals surface area contributed by atoms with E-state index in [0.717, 1.165) is 0 Å². The molecule has 2 aromatic rings. The van der Waals surface area contributed by atoms with Gasteiger partial charge in [0.25, 0.3) is 0 Å². The Balaban J connectivity index is 2.50. The summed E-state index contributed by atoms with van der Waals surface area (Å²) in [7, 11) is 0. The van der Waals surface area contributed by atoms with Crippen LogP contribution in [0.2, 0.25) is 0 Å². The highest BCUT2D eigenvalue weighted by molar-refractivity contribution is 5.84. The number of benzene rings is 1. The van der Waals surface area contributed by atoms with Crippen molar-refractivity contribution in [1.82, 2.24) is 9.55 Å². The molecule has 0 aliphatic heterocycles. The zero-order valence-electron chi connectivity index (χ0n) is 8.87. The fraction of sp³-hybridized carbons (Fsp3) is 0.167. The van der Waals surface area contributed by atoms with Gasteiger partial charge < -0.3 is 9.67 Å². The molecule has 16 heavy (non-hydrogen) atoms. The highest BCUT2D eigenvalue weighted by atomic mass is 16.3. The van der Waals surface area contributed by atoms with Crippen molar-refractivity contribution >= 4 is 5.78 Å². The maximum absolute atomic E-state index is 11.6. The number of aromatic hydroxyl groups is 1. The third-order valence-corrected chi connectivity index (χ3v) is 2.44. The van der Waals surface area contributed by atoms with Crippen molar-refractivity contribution in [2.24, 2.45) is 0 Å². The lowest BCUT2D eigenvalue weighted by molar-refractivity contribution is -0.119. The summed E-state index contributed by atoms with van der Waals surface area (Å²) in [5, 5.41) is 9.74. The summed E-state index contributed by atoms with van der Waals surface area (Å²) >= 11 is 0. The van der Waals surface area contributed by atoms with Crippen LogP contribution in [0, 0.1) is 0 Å². The Morgan fingerprint density at radius 2 is 2.19 bits per heavy atom. The molecular formula is C12H12N2O2. The van der Waals surface area contributed by atoms with E-state index in [1.54, 1.807) is 47.6 Å². The van der Waals surface area contributed by atoms with Crippen LogP contribution in [-0.4, -0.2) is 20.4 Å². The summed E-state index contributed by atoms with van der Waals surface area (Å²) < 4.78 is 1.68. The number of para-hydroxylation sites is 1. The molecule has 2 rings (SSSR count). The molecule has 0 fully saturated rings. The number of aromatic nitrogens is 2. The van der Waals surface area contributed by atoms with Crippen molar-refractivity contribution in [3.63, 3.8) is 0 Å². The van der Waals surface area contributed by atoms with Gasteiger partial charge in [-0.3, -0.25) is 4.79 Å². The molecular weight excluding hydrogens is 204 g/mol. The lowest BCUT2D eigenvalue weighted by Gasteiger charge is -2.16. The molecule has 0 aliphatic rings. The lowest BCUT2D eigenvalue weighted by atomic mass is 10.0. The average Bonchev–Trinajstić information content (AvgIpc) is 2.74. The molecule has 0 amide bonds. The Labute approximate surface area is 93.2 Å². The fourth-order valence-corrected chi connectivity index (χ4v) is 1.73. The van der Waals surface area contributed by atoms with Gasteiger partial charge >= 0.3 is 0 Å². The van der Waals surface area contributed by atoms with E-state index < -0.39 is 6.04 Å². The van der Waals surface area contributed by atoms with Crippen LogP contribution in [0.5, 0.6) is 5.75 Å². The van der Waals surface area contributed by atoms with Crippen LogP contribution in [0.25, 0.3) is 0 Å². The van der Waals surface area contributed by atoms with E-state index in [4.69, 9.17) is 0 Å². The Hall–Kier alpha value is -2.10. The highest BCUT2D eigenvalue weighted by Crippen LogP contribution is 2.27. The first kappa shape index (κ1) is 10.4. The molecule has 0 bridgehead atoms. The minimum absolute atomic E-state index is 0.0421. The second-order valence-corrected chi connectivity index (χ2v) is 3.58. The minimum Gasteiger partial charge on any atom is -0.508 e. The van der Waals surface area contributed by atoms with E-state index in [1.807, 2.05) is 0 Å². The molecule has 0 saturated carbocycles. The quantitative estimate of drug-likeness (QED) is 0.850. The predicted molar refractivity (Wildman–Crippen MR) is 59.2 cm³/mol. The van der Waals surface area contributed by atoms with E-state index in [9.17, 15) is 9.90 Å². The molecule has 1 unspecified atom stereocenters. The van der Waals surface area contributed by atoms with Gasteiger partial charge in [-0.15, -0.1) is 0 Å². The van der Waals surface area contributed by atoms with Crippen molar-refractivity contribution < 1.29 is 9.90 Å². The van der Waals surface area contributed by atoms with Gasteiger partial charge in [-0.05, 0) is 13.0 Å². The van der Waals surface area contributed by atoms with Crippen LogP contribution in [0.1, 0.15) is 18.5 Å². The Morgan fingerprint density at radius 1 is 1.44 bits per heavy atom. The zero-order valence-corrected chi connectivity index (χ0v) is 8.87. The summed E-state index contributed by atoms with van der Waals surface area (Å²) in [6, 6.07) is 6.32. The topological polar surface area (TPSA) is 55.1 Å². The molecule has 0 saturated heterocycles. The SMILES string of the molecule is CC(=O)C(c1ccccc1O)n1ccnc1. The van der Waals surface area contributed by atoms with Crippen LogP contribution < -0.4 is 0 Å². The van der Waals surface area contributed by atoms with E-state index in [0.29, 0.717) is 5.56 Å². The average molecular weight is 216 g/mol. The van der Waals surface area contributed by atoms with E-state index >= 15 is 0 Å². The normalized spacial score (nSPS) is 12.3. The number of carbonyl (C=O) groups excluding carboxylic acids is 1. The van der Waals surface area contributed by atoms with Gasteiger partial charge in [0.2, 0.25) is 0 Å². The van der Waals surface area contributed by atoms with E-state index in [1.165, 1.54) is 6.92 Å². The predicted octanol–water partition coefficient (Wildman–Crippen LogP) is 1.77. The second-order valence-electron chi connectivity index (χ2n) is 3.58. The first-order chi connectivity index (χ1) is 7.70. The molecule has 4 nitrogen and oxygen atoms in total. The van der Waals surface area contributed by atoms with Crippen LogP contribution in [-0.2, 0) is 4.79 Å². The first-order valence-corrected chi connectivity index (χ1v) is 4.96. The fourth-order valence-electron chi connectivity index (χ4n) is 1.73. The molecule has 4 heteroatoms. The van der Waals surface area contributed by atoms with Crippen LogP contribution in [0.15, 0.2) is 43.0 Å². The molecule has 1 aromatic heterocycles. The van der Waals surface area contributed by atoms with Gasteiger partial charge in [0.1, 0.15) is 11.8 Å². The molecule has 1 N–H and O–H groups in total. The standard InChI is InChI=1S/C12H12N2O2/c1-9(15)12(14-7-6-13-8-14)10-4-2-3-5-11(10)16/h2-8,12,16H,1H3. The van der Waals surface area contributed by atoms with Crippen LogP contribution >= 0.6 is 0 Å². The summed E-state index contributed by atoms with van der Waals surface area (Å²) in [5.74, 6) is 0.0795. The first-order valence-electron chi connectivity index (χ1n) is 4.96. The number of nitrogens with zero attached hydrogens (tertiary/aromatic N) is 2. The van der Waals surface area contributed by atoms with Crippen molar-refractivity contribution in [3.8, 4) is 5.75 Å². The number of Topliss-reactive ketones (excluding diaryl/α,β-unsaturated/α-hetero) is 1. The van der Waals surface area contributed by atoms with Crippen molar-refractivity contribution in [2.45, 2.75) is 13.0 Å². The Bertz CT molecular complexity index is 491. The second kappa shape index (κ2) is 4.18. The largest absolute Gasteiger partial charge is 0.508 e. The third kappa shape index (κ3) is 1.82. The highest BCUT2D eigenvalue weighted by Gasteiger charge is 2.20. The monoisotopic (exact) mass is 216 g/mol. The summed E-state index contributed by atoms with van der Waals surface area (Å²) in [4.78, 5) is 15.5. The van der Waals surface area contributed by atoms with Crippen LogP contribution in [0.3, 0.4) is 0 Å². The van der Waals surface area contributed by atoms with E-state index in [2.05, 4.69) is 4.98 Å². The number of phenolic OH excluding ortho intramolecular Hbond substituents is 1. The van der Waals surface area contributed by atoms with Gasteiger partial charge in [-0.2, -0.15) is 0 Å². The van der Waals surface area contributed by atoms with Crippen molar-refractivity contribution in [1.29, 1.82) is 0 Å². The molecule has 1 heterocycles. The summed E-state index contributed by atoms with van der Waals surface area (Å²) in [6.45, 7) is 1.50. The maximum Gasteiger partial charge on any atom is 0.157 e. The maximum atomic E-state index is 11.6. The number of imidazole rings is 1. The number of hydrogen-bond donors (Lipinski definition) is 1. The molecule has 0 spiro atoms. The van der Waals surface area contributed by atoms with Crippen molar-refractivity contribution in [3.05, 3.63) is 48.5 Å². The molecule has 0 radical (unpaired) electrons. The van der Waals surface area contributed by atoms with Crippen LogP contribution in [0.4, 0.5) is 0 Å². The Morgan fingerprint density at radius 3 is 2.75 bits per heavy atom. The van der Waals surface area contributed by atoms with Gasteiger partial charge in [-0.1, -0.05) is 18.2 Å². The molecule has 82 valence electrons. The number of phenols is 1.